The van der Waals surface area contributed by atoms with Crippen molar-refractivity contribution in [2.75, 3.05) is 0 Å². The van der Waals surface area contributed by atoms with Crippen LogP contribution in [0.4, 0.5) is 0 Å². The second-order valence-corrected chi connectivity index (χ2v) is 6.35. The molecule has 1 heteroatoms. The Morgan fingerprint density at radius 3 is 3.00 bits per heavy atom. The lowest BCUT2D eigenvalue weighted by Gasteiger charge is -2.41. The zero-order chi connectivity index (χ0) is 11.3. The second kappa shape index (κ2) is 3.50. The zero-order valence-corrected chi connectivity index (χ0v) is 10.8. The summed E-state index contributed by atoms with van der Waals surface area (Å²) >= 11 is 6.37. The number of halogens is 1. The summed E-state index contributed by atoms with van der Waals surface area (Å²) < 4.78 is 0. The van der Waals surface area contributed by atoms with E-state index in [0.717, 1.165) is 10.9 Å². The highest BCUT2D eigenvalue weighted by Gasteiger charge is 2.45. The fraction of sp³-hybridized carbons (Fsp3) is 0.600. The topological polar surface area (TPSA) is 0 Å². The molecule has 0 aromatic heterocycles. The van der Waals surface area contributed by atoms with E-state index in [0.29, 0.717) is 11.3 Å². The summed E-state index contributed by atoms with van der Waals surface area (Å²) in [6.45, 7) is 4.81. The molecule has 0 N–H and O–H groups in total. The Balaban J connectivity index is 2.18. The molecule has 0 aliphatic heterocycles. The van der Waals surface area contributed by atoms with Gasteiger partial charge in [-0.3, -0.25) is 0 Å². The fourth-order valence-corrected chi connectivity index (χ4v) is 4.56. The minimum absolute atomic E-state index is 0.539. The average Bonchev–Trinajstić information content (AvgIpc) is 2.59. The molecule has 3 rings (SSSR count). The van der Waals surface area contributed by atoms with Gasteiger partial charge in [-0.25, -0.2) is 0 Å². The predicted octanol–water partition coefficient (Wildman–Crippen LogP) is 5.12. The molecular weight excluding hydrogens is 216 g/mol. The molecule has 0 amide bonds. The van der Waals surface area contributed by atoms with Crippen molar-refractivity contribution in [3.8, 4) is 0 Å². The van der Waals surface area contributed by atoms with Crippen molar-refractivity contribution < 1.29 is 0 Å². The maximum absolute atomic E-state index is 6.37. The Hall–Kier alpha value is -0.490. The summed E-state index contributed by atoms with van der Waals surface area (Å²) in [5.41, 5.74) is 3.52. The van der Waals surface area contributed by atoms with Gasteiger partial charge in [0.1, 0.15) is 0 Å². The van der Waals surface area contributed by atoms with Gasteiger partial charge < -0.3 is 0 Å². The van der Waals surface area contributed by atoms with E-state index >= 15 is 0 Å². The molecule has 0 bridgehead atoms. The molecule has 1 fully saturated rings. The molecule has 0 unspecified atom stereocenters. The molecule has 1 aromatic rings. The van der Waals surface area contributed by atoms with Gasteiger partial charge in [0.2, 0.25) is 0 Å². The molecule has 16 heavy (non-hydrogen) atoms. The van der Waals surface area contributed by atoms with Crippen LogP contribution >= 0.6 is 11.6 Å². The SMILES string of the molecule is C[C@@H]1C[C@@]2(C)CCC[C@H]2c2cccc(Cl)c21. The van der Waals surface area contributed by atoms with Gasteiger partial charge >= 0.3 is 0 Å². The lowest BCUT2D eigenvalue weighted by atomic mass is 9.63. The third-order valence-electron chi connectivity index (χ3n) is 4.81. The molecule has 3 atom stereocenters. The molecule has 1 saturated carbocycles. The quantitative estimate of drug-likeness (QED) is 0.585. The van der Waals surface area contributed by atoms with Crippen molar-refractivity contribution in [2.24, 2.45) is 5.41 Å². The monoisotopic (exact) mass is 234 g/mol. The first-order valence-corrected chi connectivity index (χ1v) is 6.78. The van der Waals surface area contributed by atoms with Crippen LogP contribution in [0, 0.1) is 5.41 Å². The largest absolute Gasteiger partial charge is 0.0840 e. The molecule has 86 valence electrons. The van der Waals surface area contributed by atoms with Crippen LogP contribution in [0.3, 0.4) is 0 Å². The summed E-state index contributed by atoms with van der Waals surface area (Å²) in [5, 5.41) is 0.985. The van der Waals surface area contributed by atoms with E-state index in [1.165, 1.54) is 31.2 Å². The van der Waals surface area contributed by atoms with Crippen molar-refractivity contribution in [1.29, 1.82) is 0 Å². The summed E-state index contributed by atoms with van der Waals surface area (Å²) in [5.74, 6) is 1.39. The molecule has 0 spiro atoms. The Morgan fingerprint density at radius 1 is 1.38 bits per heavy atom. The summed E-state index contributed by atoms with van der Waals surface area (Å²) in [6.07, 6.45) is 5.46. The van der Waals surface area contributed by atoms with Crippen molar-refractivity contribution in [3.05, 3.63) is 34.3 Å². The first-order chi connectivity index (χ1) is 7.62. The third-order valence-corrected chi connectivity index (χ3v) is 5.14. The van der Waals surface area contributed by atoms with Gasteiger partial charge in [-0.1, -0.05) is 44.0 Å². The van der Waals surface area contributed by atoms with Crippen LogP contribution in [-0.2, 0) is 0 Å². The summed E-state index contributed by atoms with van der Waals surface area (Å²) in [6, 6.07) is 6.48. The van der Waals surface area contributed by atoms with E-state index in [1.807, 2.05) is 0 Å². The Kier molecular flexibility index (Phi) is 2.33. The smallest absolute Gasteiger partial charge is 0.0443 e. The number of benzene rings is 1. The van der Waals surface area contributed by atoms with E-state index < -0.39 is 0 Å². The first kappa shape index (κ1) is 10.7. The Labute approximate surface area is 103 Å². The van der Waals surface area contributed by atoms with Gasteiger partial charge in [0.15, 0.2) is 0 Å². The van der Waals surface area contributed by atoms with Crippen LogP contribution in [-0.4, -0.2) is 0 Å². The summed E-state index contributed by atoms with van der Waals surface area (Å²) in [7, 11) is 0. The third kappa shape index (κ3) is 1.35. The van der Waals surface area contributed by atoms with Crippen LogP contribution < -0.4 is 0 Å². The van der Waals surface area contributed by atoms with E-state index in [1.54, 1.807) is 5.56 Å². The van der Waals surface area contributed by atoms with Crippen LogP contribution in [0.25, 0.3) is 0 Å². The van der Waals surface area contributed by atoms with Crippen LogP contribution in [0.15, 0.2) is 18.2 Å². The number of hydrogen-bond donors (Lipinski definition) is 0. The predicted molar refractivity (Wildman–Crippen MR) is 69.2 cm³/mol. The average molecular weight is 235 g/mol. The highest BCUT2D eigenvalue weighted by molar-refractivity contribution is 6.31. The molecule has 0 heterocycles. The Morgan fingerprint density at radius 2 is 2.19 bits per heavy atom. The zero-order valence-electron chi connectivity index (χ0n) is 10.1. The molecule has 2 aliphatic carbocycles. The molecule has 1 aromatic carbocycles. The van der Waals surface area contributed by atoms with E-state index in [4.69, 9.17) is 11.6 Å². The molecule has 0 radical (unpaired) electrons. The number of hydrogen-bond acceptors (Lipinski definition) is 0. The lowest BCUT2D eigenvalue weighted by Crippen LogP contribution is -2.28. The normalized spacial score (nSPS) is 36.9. The van der Waals surface area contributed by atoms with Gasteiger partial charge in [-0.05, 0) is 53.7 Å². The summed E-state index contributed by atoms with van der Waals surface area (Å²) in [4.78, 5) is 0. The standard InChI is InChI=1S/C15H19Cl/c1-10-9-15(2)8-4-6-12(15)11-5-3-7-13(16)14(10)11/h3,5,7,10,12H,4,6,8-9H2,1-2H3/t10-,12+,15-/m1/s1. The van der Waals surface area contributed by atoms with Crippen LogP contribution in [0.2, 0.25) is 5.02 Å². The highest BCUT2D eigenvalue weighted by atomic mass is 35.5. The lowest BCUT2D eigenvalue weighted by molar-refractivity contribution is 0.231. The van der Waals surface area contributed by atoms with Gasteiger partial charge in [0.25, 0.3) is 0 Å². The maximum Gasteiger partial charge on any atom is 0.0443 e. The van der Waals surface area contributed by atoms with Crippen LogP contribution in [0.5, 0.6) is 0 Å². The minimum atomic E-state index is 0.539. The van der Waals surface area contributed by atoms with E-state index in [2.05, 4.69) is 32.0 Å². The molecule has 0 nitrogen and oxygen atoms in total. The second-order valence-electron chi connectivity index (χ2n) is 5.95. The highest BCUT2D eigenvalue weighted by Crippen LogP contribution is 2.59. The van der Waals surface area contributed by atoms with Gasteiger partial charge in [-0.15, -0.1) is 0 Å². The molecular formula is C15H19Cl. The van der Waals surface area contributed by atoms with Gasteiger partial charge in [0, 0.05) is 5.02 Å². The minimum Gasteiger partial charge on any atom is -0.0840 e. The van der Waals surface area contributed by atoms with E-state index in [-0.39, 0.29) is 0 Å². The molecule has 0 saturated heterocycles. The van der Waals surface area contributed by atoms with Crippen molar-refractivity contribution in [2.45, 2.75) is 51.4 Å². The number of fused-ring (bicyclic) bond motifs is 3. The van der Waals surface area contributed by atoms with Gasteiger partial charge in [0.05, 0.1) is 0 Å². The number of rotatable bonds is 0. The maximum atomic E-state index is 6.37. The first-order valence-electron chi connectivity index (χ1n) is 6.40. The van der Waals surface area contributed by atoms with Gasteiger partial charge in [-0.2, -0.15) is 0 Å². The fourth-order valence-electron chi connectivity index (χ4n) is 4.19. The van der Waals surface area contributed by atoms with E-state index in [9.17, 15) is 0 Å². The molecule has 2 aliphatic rings. The van der Waals surface area contributed by atoms with Crippen molar-refractivity contribution in [1.82, 2.24) is 0 Å². The van der Waals surface area contributed by atoms with Crippen molar-refractivity contribution in [3.63, 3.8) is 0 Å². The van der Waals surface area contributed by atoms with Crippen molar-refractivity contribution >= 4 is 11.6 Å². The van der Waals surface area contributed by atoms with Crippen LogP contribution in [0.1, 0.15) is 62.5 Å². The Bertz CT molecular complexity index is 423.